The maximum Gasteiger partial charge on any atom is 0.231 e. The van der Waals surface area contributed by atoms with Gasteiger partial charge in [-0.15, -0.1) is 0 Å². The molecular weight excluding hydrogens is 252 g/mol. The highest BCUT2D eigenvalue weighted by molar-refractivity contribution is 5.78. The minimum absolute atomic E-state index is 0.582. The topological polar surface area (TPSA) is 47.3 Å². The molecule has 0 saturated carbocycles. The number of hydrogen-bond acceptors (Lipinski definition) is 4. The van der Waals surface area contributed by atoms with E-state index in [2.05, 4.69) is 10.3 Å². The molecule has 0 saturated heterocycles. The number of ether oxygens (including phenoxy) is 1. The van der Waals surface area contributed by atoms with Crippen LogP contribution in [-0.2, 0) is 6.54 Å². The number of nitrogens with one attached hydrogen (secondary N) is 1. The summed E-state index contributed by atoms with van der Waals surface area (Å²) >= 11 is 0. The maximum atomic E-state index is 5.86. The fourth-order valence-electron chi connectivity index (χ4n) is 2.22. The molecular formula is C16H16N2O2. The third-order valence-corrected chi connectivity index (χ3v) is 3.17. The number of nitrogens with zero attached hydrogens (tertiary/aromatic N) is 1. The molecule has 0 unspecified atom stereocenters. The zero-order valence-corrected chi connectivity index (χ0v) is 11.5. The Kier molecular flexibility index (Phi) is 3.39. The van der Waals surface area contributed by atoms with E-state index in [0.717, 1.165) is 29.0 Å². The molecule has 102 valence electrons. The van der Waals surface area contributed by atoms with Crippen LogP contribution < -0.4 is 10.1 Å². The lowest BCUT2D eigenvalue weighted by Gasteiger charge is -2.03. The highest BCUT2D eigenvalue weighted by Gasteiger charge is 2.12. The van der Waals surface area contributed by atoms with Gasteiger partial charge in [-0.2, -0.15) is 0 Å². The van der Waals surface area contributed by atoms with Crippen molar-refractivity contribution < 1.29 is 9.15 Å². The molecule has 1 heterocycles. The molecule has 4 heteroatoms. The summed E-state index contributed by atoms with van der Waals surface area (Å²) in [4.78, 5) is 4.53. The Labute approximate surface area is 117 Å². The van der Waals surface area contributed by atoms with E-state index in [-0.39, 0.29) is 0 Å². The molecule has 0 bridgehead atoms. The van der Waals surface area contributed by atoms with Crippen LogP contribution in [0.15, 0.2) is 46.9 Å². The molecule has 0 aliphatic carbocycles. The van der Waals surface area contributed by atoms with Crippen molar-refractivity contribution in [2.45, 2.75) is 6.54 Å². The highest BCUT2D eigenvalue weighted by atomic mass is 16.5. The van der Waals surface area contributed by atoms with Crippen molar-refractivity contribution >= 4 is 11.1 Å². The lowest BCUT2D eigenvalue weighted by molar-refractivity contribution is 0.414. The van der Waals surface area contributed by atoms with Gasteiger partial charge in [0.15, 0.2) is 5.58 Å². The van der Waals surface area contributed by atoms with E-state index in [4.69, 9.17) is 9.15 Å². The van der Waals surface area contributed by atoms with E-state index >= 15 is 0 Å². The van der Waals surface area contributed by atoms with Crippen LogP contribution in [0, 0.1) is 0 Å². The largest absolute Gasteiger partial charge is 0.496 e. The molecule has 0 amide bonds. The monoisotopic (exact) mass is 268 g/mol. The number of rotatable bonds is 4. The maximum absolute atomic E-state index is 5.86. The smallest absolute Gasteiger partial charge is 0.231 e. The fraction of sp³-hybridized carbons (Fsp3) is 0.188. The van der Waals surface area contributed by atoms with Crippen LogP contribution in [0.25, 0.3) is 22.6 Å². The van der Waals surface area contributed by atoms with E-state index in [1.54, 1.807) is 7.11 Å². The molecule has 0 atom stereocenters. The van der Waals surface area contributed by atoms with Crippen LogP contribution >= 0.6 is 0 Å². The van der Waals surface area contributed by atoms with Gasteiger partial charge in [0.05, 0.1) is 12.7 Å². The third kappa shape index (κ3) is 2.26. The summed E-state index contributed by atoms with van der Waals surface area (Å²) < 4.78 is 11.2. The Morgan fingerprint density at radius 2 is 2.05 bits per heavy atom. The summed E-state index contributed by atoms with van der Waals surface area (Å²) in [7, 11) is 3.57. The quantitative estimate of drug-likeness (QED) is 0.789. The molecule has 2 aromatic carbocycles. The van der Waals surface area contributed by atoms with Gasteiger partial charge in [0.2, 0.25) is 5.89 Å². The Morgan fingerprint density at radius 3 is 2.85 bits per heavy atom. The molecule has 0 aliphatic heterocycles. The van der Waals surface area contributed by atoms with Gasteiger partial charge in [0.25, 0.3) is 0 Å². The Bertz CT molecular complexity index is 734. The van der Waals surface area contributed by atoms with E-state index in [0.29, 0.717) is 5.89 Å². The molecule has 0 aliphatic rings. The Balaban J connectivity index is 2.08. The van der Waals surface area contributed by atoms with Crippen LogP contribution in [0.5, 0.6) is 5.75 Å². The molecule has 1 aromatic heterocycles. The fourth-order valence-corrected chi connectivity index (χ4v) is 2.22. The molecule has 4 nitrogen and oxygen atoms in total. The first-order valence-electron chi connectivity index (χ1n) is 6.49. The van der Waals surface area contributed by atoms with Crippen molar-refractivity contribution in [1.29, 1.82) is 0 Å². The van der Waals surface area contributed by atoms with Gasteiger partial charge in [0.1, 0.15) is 11.3 Å². The summed E-state index contributed by atoms with van der Waals surface area (Å²) in [6, 6.07) is 13.7. The Hall–Kier alpha value is -2.33. The predicted molar refractivity (Wildman–Crippen MR) is 78.8 cm³/mol. The van der Waals surface area contributed by atoms with Crippen molar-refractivity contribution in [3.63, 3.8) is 0 Å². The molecule has 1 N–H and O–H groups in total. The average Bonchev–Trinajstić information content (AvgIpc) is 2.90. The Morgan fingerprint density at radius 1 is 1.20 bits per heavy atom. The van der Waals surface area contributed by atoms with Gasteiger partial charge in [0, 0.05) is 6.54 Å². The molecule has 0 spiro atoms. The van der Waals surface area contributed by atoms with Crippen LogP contribution in [0.2, 0.25) is 0 Å². The second-order valence-electron chi connectivity index (χ2n) is 4.55. The van der Waals surface area contributed by atoms with Gasteiger partial charge >= 0.3 is 0 Å². The standard InChI is InChI=1S/C16H16N2O2/c1-17-10-11-7-8-13-15(9-11)20-16(18-13)12-5-3-4-6-14(12)19-2/h3-9,17H,10H2,1-2H3. The second kappa shape index (κ2) is 5.35. The van der Waals surface area contributed by atoms with Crippen LogP contribution in [-0.4, -0.2) is 19.1 Å². The average molecular weight is 268 g/mol. The van der Waals surface area contributed by atoms with Gasteiger partial charge in [-0.3, -0.25) is 0 Å². The van der Waals surface area contributed by atoms with Crippen LogP contribution in [0.4, 0.5) is 0 Å². The van der Waals surface area contributed by atoms with E-state index < -0.39 is 0 Å². The highest BCUT2D eigenvalue weighted by Crippen LogP contribution is 2.31. The molecule has 3 aromatic rings. The number of fused-ring (bicyclic) bond motifs is 1. The number of hydrogen-bond donors (Lipinski definition) is 1. The first-order valence-corrected chi connectivity index (χ1v) is 6.49. The number of aromatic nitrogens is 1. The summed E-state index contributed by atoms with van der Waals surface area (Å²) in [5, 5.41) is 3.12. The van der Waals surface area contributed by atoms with Crippen molar-refractivity contribution in [2.75, 3.05) is 14.2 Å². The molecule has 3 rings (SSSR count). The second-order valence-corrected chi connectivity index (χ2v) is 4.55. The summed E-state index contributed by atoms with van der Waals surface area (Å²) in [6.07, 6.45) is 0. The van der Waals surface area contributed by atoms with Crippen molar-refractivity contribution in [2.24, 2.45) is 0 Å². The van der Waals surface area contributed by atoms with Gasteiger partial charge < -0.3 is 14.5 Å². The van der Waals surface area contributed by atoms with Crippen molar-refractivity contribution in [1.82, 2.24) is 10.3 Å². The van der Waals surface area contributed by atoms with E-state index in [9.17, 15) is 0 Å². The summed E-state index contributed by atoms with van der Waals surface area (Å²) in [6.45, 7) is 0.806. The minimum Gasteiger partial charge on any atom is -0.496 e. The summed E-state index contributed by atoms with van der Waals surface area (Å²) in [5.74, 6) is 1.34. The van der Waals surface area contributed by atoms with Crippen LogP contribution in [0.3, 0.4) is 0 Å². The first-order chi connectivity index (χ1) is 9.81. The lowest BCUT2D eigenvalue weighted by Crippen LogP contribution is -2.04. The SMILES string of the molecule is CNCc1ccc2nc(-c3ccccc3OC)oc2c1. The molecule has 0 fully saturated rings. The normalized spacial score (nSPS) is 10.9. The van der Waals surface area contributed by atoms with Gasteiger partial charge in [-0.1, -0.05) is 18.2 Å². The van der Waals surface area contributed by atoms with E-state index in [1.807, 2.05) is 49.5 Å². The first kappa shape index (κ1) is 12.7. The van der Waals surface area contributed by atoms with Gasteiger partial charge in [-0.25, -0.2) is 4.98 Å². The number of oxazole rings is 1. The van der Waals surface area contributed by atoms with Crippen LogP contribution in [0.1, 0.15) is 5.56 Å². The number of para-hydroxylation sites is 1. The van der Waals surface area contributed by atoms with Crippen molar-refractivity contribution in [3.8, 4) is 17.2 Å². The zero-order valence-electron chi connectivity index (χ0n) is 11.5. The molecule has 20 heavy (non-hydrogen) atoms. The minimum atomic E-state index is 0.582. The molecule has 0 radical (unpaired) electrons. The number of methoxy groups -OCH3 is 1. The van der Waals surface area contributed by atoms with E-state index in [1.165, 1.54) is 5.56 Å². The third-order valence-electron chi connectivity index (χ3n) is 3.17. The predicted octanol–water partition coefficient (Wildman–Crippen LogP) is 3.22. The summed E-state index contributed by atoms with van der Waals surface area (Å²) in [5.41, 5.74) is 3.67. The number of benzene rings is 2. The van der Waals surface area contributed by atoms with Gasteiger partial charge in [-0.05, 0) is 36.9 Å². The van der Waals surface area contributed by atoms with Crippen molar-refractivity contribution in [3.05, 3.63) is 48.0 Å². The zero-order chi connectivity index (χ0) is 13.9. The lowest BCUT2D eigenvalue weighted by atomic mass is 10.2.